The highest BCUT2D eigenvalue weighted by Crippen LogP contribution is 2.35. The van der Waals surface area contributed by atoms with Gasteiger partial charge in [0.25, 0.3) is 5.56 Å². The van der Waals surface area contributed by atoms with Crippen LogP contribution in [-0.4, -0.2) is 35.4 Å². The summed E-state index contributed by atoms with van der Waals surface area (Å²) in [5.41, 5.74) is 3.78. The maximum absolute atomic E-state index is 14.3. The van der Waals surface area contributed by atoms with Crippen molar-refractivity contribution in [3.8, 4) is 5.75 Å². The Balaban J connectivity index is 1.53. The summed E-state index contributed by atoms with van der Waals surface area (Å²) >= 11 is 0. The Morgan fingerprint density at radius 3 is 2.74 bits per heavy atom. The van der Waals surface area contributed by atoms with E-state index in [0.717, 1.165) is 31.6 Å². The van der Waals surface area contributed by atoms with Gasteiger partial charge in [0, 0.05) is 12.1 Å². The molecule has 1 saturated heterocycles. The van der Waals surface area contributed by atoms with Gasteiger partial charge in [-0.2, -0.15) is 5.10 Å². The second-order valence-electron chi connectivity index (χ2n) is 8.50. The Kier molecular flexibility index (Phi) is 6.22. The van der Waals surface area contributed by atoms with Gasteiger partial charge in [-0.1, -0.05) is 24.3 Å². The van der Waals surface area contributed by atoms with Gasteiger partial charge in [-0.05, 0) is 67.2 Å². The zero-order valence-corrected chi connectivity index (χ0v) is 18.9. The normalized spacial score (nSPS) is 14.3. The average Bonchev–Trinajstić information content (AvgIpc) is 2.86. The minimum absolute atomic E-state index is 0.288. The second kappa shape index (κ2) is 9.61. The van der Waals surface area contributed by atoms with Crippen LogP contribution in [0, 0.1) is 5.82 Å². The monoisotopic (exact) mass is 459 g/mol. The molecule has 0 saturated carbocycles. The molecule has 0 aliphatic carbocycles. The molecule has 1 fully saturated rings. The first-order valence-corrected chi connectivity index (χ1v) is 11.4. The summed E-state index contributed by atoms with van der Waals surface area (Å²) in [5.74, 6) is 0.896. The number of hydrogen-bond donors (Lipinski definition) is 3. The summed E-state index contributed by atoms with van der Waals surface area (Å²) in [7, 11) is 1.64. The van der Waals surface area contributed by atoms with Crippen LogP contribution in [0.25, 0.3) is 10.9 Å². The third-order valence-electron chi connectivity index (χ3n) is 6.32. The van der Waals surface area contributed by atoms with E-state index in [1.807, 2.05) is 6.07 Å². The highest BCUT2D eigenvalue weighted by Gasteiger charge is 2.18. The molecule has 8 heteroatoms. The molecule has 0 unspecified atom stereocenters. The van der Waals surface area contributed by atoms with E-state index in [0.29, 0.717) is 39.5 Å². The number of nitrogens with one attached hydrogen (secondary N) is 3. The van der Waals surface area contributed by atoms with Crippen LogP contribution in [0.4, 0.5) is 15.8 Å². The highest BCUT2D eigenvalue weighted by atomic mass is 19.1. The van der Waals surface area contributed by atoms with Crippen LogP contribution >= 0.6 is 0 Å². The Morgan fingerprint density at radius 2 is 1.94 bits per heavy atom. The number of fused-ring (bicyclic) bond motifs is 1. The molecule has 174 valence electrons. The van der Waals surface area contributed by atoms with E-state index >= 15 is 0 Å². The number of pyridine rings is 1. The van der Waals surface area contributed by atoms with Gasteiger partial charge in [0.15, 0.2) is 0 Å². The molecular weight excluding hydrogens is 433 g/mol. The molecule has 34 heavy (non-hydrogen) atoms. The number of nitrogens with zero attached hydrogens (tertiary/aromatic N) is 2. The van der Waals surface area contributed by atoms with Gasteiger partial charge < -0.3 is 15.4 Å². The minimum atomic E-state index is -0.352. The number of hydrogen-bond acceptors (Lipinski definition) is 6. The van der Waals surface area contributed by atoms with Crippen molar-refractivity contribution < 1.29 is 9.13 Å². The van der Waals surface area contributed by atoms with E-state index in [1.54, 1.807) is 31.4 Å². The molecule has 4 aromatic rings. The largest absolute Gasteiger partial charge is 0.495 e. The number of H-pyrrole nitrogens is 1. The van der Waals surface area contributed by atoms with Crippen LogP contribution in [0.2, 0.25) is 0 Å². The molecule has 1 aliphatic rings. The molecular formula is C26H26FN5O2. The number of benzene rings is 2. The first kappa shape index (κ1) is 22.0. The minimum Gasteiger partial charge on any atom is -0.495 e. The fourth-order valence-electron chi connectivity index (χ4n) is 4.55. The zero-order valence-electron chi connectivity index (χ0n) is 18.9. The molecule has 1 aliphatic heterocycles. The molecule has 3 heterocycles. The smallest absolute Gasteiger partial charge is 0.275 e. The molecule has 0 radical (unpaired) electrons. The number of ether oxygens (including phenoxy) is 1. The molecule has 2 aromatic carbocycles. The molecule has 5 rings (SSSR count). The number of anilines is 2. The lowest BCUT2D eigenvalue weighted by atomic mass is 9.90. The first-order chi connectivity index (χ1) is 16.6. The van der Waals surface area contributed by atoms with E-state index < -0.39 is 0 Å². The summed E-state index contributed by atoms with van der Waals surface area (Å²) in [6.07, 6.45) is 3.97. The zero-order chi connectivity index (χ0) is 23.5. The third-order valence-corrected chi connectivity index (χ3v) is 6.32. The Bertz CT molecular complexity index is 1380. The summed E-state index contributed by atoms with van der Waals surface area (Å²) in [6, 6.07) is 14.5. The van der Waals surface area contributed by atoms with Crippen molar-refractivity contribution in [3.05, 3.63) is 87.7 Å². The summed E-state index contributed by atoms with van der Waals surface area (Å²) in [5, 5.41) is 13.5. The van der Waals surface area contributed by atoms with Gasteiger partial charge in [-0.15, -0.1) is 0 Å². The van der Waals surface area contributed by atoms with Gasteiger partial charge in [-0.3, -0.25) is 9.78 Å². The average molecular weight is 460 g/mol. The lowest BCUT2D eigenvalue weighted by molar-refractivity contribution is 0.413. The van der Waals surface area contributed by atoms with Crippen LogP contribution in [0.15, 0.2) is 59.5 Å². The topological polar surface area (TPSA) is 91.9 Å². The van der Waals surface area contributed by atoms with Crippen LogP contribution in [-0.2, 0) is 6.42 Å². The van der Waals surface area contributed by atoms with Crippen LogP contribution < -0.4 is 20.9 Å². The SMILES string of the molecule is COc1cc(C2CCNCC2)ccc1Nc1cc(Cc2ccccc2F)nc2cn[nH]c(=O)c12. The number of rotatable bonds is 6. The number of halogens is 1. The van der Waals surface area contributed by atoms with Crippen molar-refractivity contribution in [1.29, 1.82) is 0 Å². The van der Waals surface area contributed by atoms with Crippen molar-refractivity contribution in [1.82, 2.24) is 20.5 Å². The molecule has 3 N–H and O–H groups in total. The van der Waals surface area contributed by atoms with E-state index in [1.165, 1.54) is 17.8 Å². The maximum Gasteiger partial charge on any atom is 0.275 e. The molecule has 0 atom stereocenters. The number of aromatic amines is 1. The molecule has 2 aromatic heterocycles. The fourth-order valence-corrected chi connectivity index (χ4v) is 4.55. The Morgan fingerprint density at radius 1 is 1.12 bits per heavy atom. The summed E-state index contributed by atoms with van der Waals surface area (Å²) < 4.78 is 20.0. The van der Waals surface area contributed by atoms with Crippen molar-refractivity contribution >= 4 is 22.3 Å². The van der Waals surface area contributed by atoms with E-state index in [9.17, 15) is 9.18 Å². The number of methoxy groups -OCH3 is 1. The second-order valence-corrected chi connectivity index (χ2v) is 8.50. The lowest BCUT2D eigenvalue weighted by Crippen LogP contribution is -2.26. The maximum atomic E-state index is 14.3. The Labute approximate surface area is 196 Å². The van der Waals surface area contributed by atoms with E-state index in [-0.39, 0.29) is 17.8 Å². The van der Waals surface area contributed by atoms with Crippen molar-refractivity contribution in [2.45, 2.75) is 25.2 Å². The van der Waals surface area contributed by atoms with Crippen molar-refractivity contribution in [2.24, 2.45) is 0 Å². The first-order valence-electron chi connectivity index (χ1n) is 11.4. The van der Waals surface area contributed by atoms with Crippen molar-refractivity contribution in [3.63, 3.8) is 0 Å². The molecule has 7 nitrogen and oxygen atoms in total. The predicted octanol–water partition coefficient (Wildman–Crippen LogP) is 4.27. The van der Waals surface area contributed by atoms with Crippen LogP contribution in [0.5, 0.6) is 5.75 Å². The molecule has 0 bridgehead atoms. The van der Waals surface area contributed by atoms with E-state index in [2.05, 4.69) is 37.9 Å². The number of piperidine rings is 1. The van der Waals surface area contributed by atoms with Gasteiger partial charge in [-0.25, -0.2) is 9.49 Å². The number of aromatic nitrogens is 3. The van der Waals surface area contributed by atoms with E-state index in [4.69, 9.17) is 4.74 Å². The molecule has 0 spiro atoms. The molecule has 0 amide bonds. The Hall–Kier alpha value is -3.78. The van der Waals surface area contributed by atoms with Crippen LogP contribution in [0.3, 0.4) is 0 Å². The van der Waals surface area contributed by atoms with Gasteiger partial charge in [0.05, 0.1) is 35.6 Å². The quantitative estimate of drug-likeness (QED) is 0.399. The van der Waals surface area contributed by atoms with Crippen molar-refractivity contribution in [2.75, 3.05) is 25.5 Å². The predicted molar refractivity (Wildman–Crippen MR) is 130 cm³/mol. The van der Waals surface area contributed by atoms with Gasteiger partial charge in [0.2, 0.25) is 0 Å². The summed E-state index contributed by atoms with van der Waals surface area (Å²) in [4.78, 5) is 17.2. The highest BCUT2D eigenvalue weighted by molar-refractivity contribution is 5.92. The van der Waals surface area contributed by atoms with Crippen LogP contribution in [0.1, 0.15) is 35.6 Å². The third kappa shape index (κ3) is 4.49. The standard InChI is InChI=1S/C26H26FN5O2/c1-34-24-13-17(16-8-10-28-11-9-16)6-7-21(24)31-22-14-19(12-18-4-2-3-5-20(18)27)30-23-15-29-32-26(33)25(22)23/h2-7,13-16,28H,8-12H2,1H3,(H,30,31)(H,32,33). The van der Waals surface area contributed by atoms with Gasteiger partial charge in [0.1, 0.15) is 11.6 Å². The van der Waals surface area contributed by atoms with Gasteiger partial charge >= 0.3 is 0 Å². The fraction of sp³-hybridized carbons (Fsp3) is 0.269. The lowest BCUT2D eigenvalue weighted by Gasteiger charge is -2.24. The summed E-state index contributed by atoms with van der Waals surface area (Å²) in [6.45, 7) is 2.02.